The number of esters is 1. The molecule has 1 amide bonds. The van der Waals surface area contributed by atoms with Crippen molar-refractivity contribution < 1.29 is 18.7 Å². The maximum atomic E-state index is 12.4. The van der Waals surface area contributed by atoms with Gasteiger partial charge in [0.15, 0.2) is 12.2 Å². The number of carbonyl (C=O) groups is 2. The Morgan fingerprint density at radius 2 is 1.83 bits per heavy atom. The Hall–Kier alpha value is -3.35. The Balaban J connectivity index is 1.23. The summed E-state index contributed by atoms with van der Waals surface area (Å²) >= 11 is 0. The largest absolute Gasteiger partial charge is 0.455 e. The fourth-order valence-electron chi connectivity index (χ4n) is 3.66. The highest BCUT2D eigenvalue weighted by atomic mass is 16.5. The third-order valence-corrected chi connectivity index (χ3v) is 5.40. The van der Waals surface area contributed by atoms with Gasteiger partial charge in [0.25, 0.3) is 11.9 Å². The summed E-state index contributed by atoms with van der Waals surface area (Å²) in [6.07, 6.45) is 1.28. The topological polar surface area (TPSA) is 84.7 Å². The number of fused-ring (bicyclic) bond motifs is 1. The molecule has 0 saturated carbocycles. The van der Waals surface area contributed by atoms with Crippen LogP contribution in [0.15, 0.2) is 59.0 Å². The average molecular weight is 407 g/mol. The molecule has 1 aliphatic rings. The van der Waals surface area contributed by atoms with E-state index in [1.165, 1.54) is 0 Å². The van der Waals surface area contributed by atoms with Gasteiger partial charge in [-0.2, -0.15) is 4.98 Å². The van der Waals surface area contributed by atoms with Gasteiger partial charge in [0.05, 0.1) is 12.0 Å². The molecule has 7 nitrogen and oxygen atoms in total. The van der Waals surface area contributed by atoms with Crippen molar-refractivity contribution in [2.24, 2.45) is 5.92 Å². The minimum atomic E-state index is -0.324. The van der Waals surface area contributed by atoms with E-state index < -0.39 is 0 Å². The molecular formula is C23H25N3O4. The Morgan fingerprint density at radius 3 is 2.57 bits per heavy atom. The average Bonchev–Trinajstić information content (AvgIpc) is 3.22. The molecule has 1 unspecified atom stereocenters. The number of nitrogens with one attached hydrogen (secondary N) is 1. The van der Waals surface area contributed by atoms with Gasteiger partial charge in [-0.3, -0.25) is 9.59 Å². The number of para-hydroxylation sites is 2. The number of hydrogen-bond donors (Lipinski definition) is 1. The van der Waals surface area contributed by atoms with E-state index >= 15 is 0 Å². The second-order valence-electron chi connectivity index (χ2n) is 7.53. The molecule has 0 aliphatic carbocycles. The Bertz CT molecular complexity index is 976. The van der Waals surface area contributed by atoms with Gasteiger partial charge in [0.2, 0.25) is 0 Å². The minimum Gasteiger partial charge on any atom is -0.455 e. The smallest absolute Gasteiger partial charge is 0.309 e. The number of hydrogen-bond acceptors (Lipinski definition) is 6. The van der Waals surface area contributed by atoms with E-state index in [9.17, 15) is 9.59 Å². The quantitative estimate of drug-likeness (QED) is 0.630. The van der Waals surface area contributed by atoms with Crippen molar-refractivity contribution in [2.45, 2.75) is 25.8 Å². The molecule has 2 heterocycles. The molecule has 1 aliphatic heterocycles. The molecule has 0 bridgehead atoms. The normalized spacial score (nSPS) is 15.7. The third-order valence-electron chi connectivity index (χ3n) is 5.40. The van der Waals surface area contributed by atoms with Gasteiger partial charge in [-0.15, -0.1) is 0 Å². The lowest BCUT2D eigenvalue weighted by Gasteiger charge is -2.29. The lowest BCUT2D eigenvalue weighted by molar-refractivity contribution is -0.153. The number of aromatic nitrogens is 1. The van der Waals surface area contributed by atoms with Crippen molar-refractivity contribution in [3.63, 3.8) is 0 Å². The van der Waals surface area contributed by atoms with Crippen LogP contribution in [-0.4, -0.2) is 36.6 Å². The molecule has 30 heavy (non-hydrogen) atoms. The molecule has 1 atom stereocenters. The summed E-state index contributed by atoms with van der Waals surface area (Å²) in [7, 11) is 0. The standard InChI is InChI=1S/C23H25N3O4/c1-16(17-7-3-2-4-8-17)24-21(27)15-29-22(28)18-11-13-26(14-12-18)23-25-19-9-5-6-10-20(19)30-23/h2-10,16,18H,11-15H2,1H3,(H,24,27). The first-order valence-corrected chi connectivity index (χ1v) is 10.2. The van der Waals surface area contributed by atoms with E-state index in [1.807, 2.05) is 66.4 Å². The van der Waals surface area contributed by atoms with Crippen LogP contribution in [0.2, 0.25) is 0 Å². The van der Waals surface area contributed by atoms with Gasteiger partial charge in [-0.1, -0.05) is 42.5 Å². The second-order valence-corrected chi connectivity index (χ2v) is 7.53. The van der Waals surface area contributed by atoms with Crippen LogP contribution in [0.4, 0.5) is 6.01 Å². The maximum absolute atomic E-state index is 12.4. The van der Waals surface area contributed by atoms with Crippen molar-refractivity contribution in [1.29, 1.82) is 0 Å². The van der Waals surface area contributed by atoms with Crippen molar-refractivity contribution in [3.8, 4) is 0 Å². The van der Waals surface area contributed by atoms with E-state index in [4.69, 9.17) is 9.15 Å². The van der Waals surface area contributed by atoms with Crippen molar-refractivity contribution in [2.75, 3.05) is 24.6 Å². The van der Waals surface area contributed by atoms with Gasteiger partial charge < -0.3 is 19.4 Å². The zero-order chi connectivity index (χ0) is 20.9. The number of anilines is 1. The molecule has 1 N–H and O–H groups in total. The summed E-state index contributed by atoms with van der Waals surface area (Å²) < 4.78 is 11.1. The third kappa shape index (κ3) is 4.62. The highest BCUT2D eigenvalue weighted by molar-refractivity contribution is 5.81. The van der Waals surface area contributed by atoms with Gasteiger partial charge >= 0.3 is 5.97 Å². The molecule has 156 valence electrons. The van der Waals surface area contributed by atoms with Crippen LogP contribution < -0.4 is 10.2 Å². The number of ether oxygens (including phenoxy) is 1. The number of amides is 1. The van der Waals surface area contributed by atoms with Crippen molar-refractivity contribution >= 4 is 29.0 Å². The van der Waals surface area contributed by atoms with Crippen LogP contribution in [0.3, 0.4) is 0 Å². The van der Waals surface area contributed by atoms with Crippen LogP contribution in [0.25, 0.3) is 11.1 Å². The molecule has 7 heteroatoms. The number of oxazole rings is 1. The summed E-state index contributed by atoms with van der Waals surface area (Å²) in [5.41, 5.74) is 2.58. The number of piperidine rings is 1. The molecule has 1 saturated heterocycles. The first-order valence-electron chi connectivity index (χ1n) is 10.2. The van der Waals surface area contributed by atoms with E-state index in [1.54, 1.807) is 0 Å². The van der Waals surface area contributed by atoms with Crippen LogP contribution in [0, 0.1) is 5.92 Å². The van der Waals surface area contributed by atoms with Gasteiger partial charge in [-0.25, -0.2) is 0 Å². The number of nitrogens with zero attached hydrogens (tertiary/aromatic N) is 2. The fraction of sp³-hybridized carbons (Fsp3) is 0.348. The van der Waals surface area contributed by atoms with Crippen LogP contribution >= 0.6 is 0 Å². The van der Waals surface area contributed by atoms with Crippen LogP contribution in [-0.2, 0) is 14.3 Å². The molecule has 0 radical (unpaired) electrons. The van der Waals surface area contributed by atoms with Crippen molar-refractivity contribution in [3.05, 3.63) is 60.2 Å². The first kappa shape index (κ1) is 19.9. The molecule has 1 aromatic heterocycles. The summed E-state index contributed by atoms with van der Waals surface area (Å²) in [6, 6.07) is 17.7. The SMILES string of the molecule is CC(NC(=O)COC(=O)C1CCN(c2nc3ccccc3o2)CC1)c1ccccc1. The monoisotopic (exact) mass is 407 g/mol. The zero-order valence-electron chi connectivity index (χ0n) is 16.9. The predicted molar refractivity (Wildman–Crippen MR) is 113 cm³/mol. The molecule has 3 aromatic rings. The van der Waals surface area contributed by atoms with E-state index in [0.29, 0.717) is 31.9 Å². The van der Waals surface area contributed by atoms with Crippen LogP contribution in [0.1, 0.15) is 31.4 Å². The fourth-order valence-corrected chi connectivity index (χ4v) is 3.66. The highest BCUT2D eigenvalue weighted by Crippen LogP contribution is 2.26. The summed E-state index contributed by atoms with van der Waals surface area (Å²) in [4.78, 5) is 31.0. The zero-order valence-corrected chi connectivity index (χ0v) is 16.9. The Kier molecular flexibility index (Phi) is 5.97. The molecule has 0 spiro atoms. The van der Waals surface area contributed by atoms with Crippen LogP contribution in [0.5, 0.6) is 0 Å². The van der Waals surface area contributed by atoms with E-state index in [0.717, 1.165) is 16.7 Å². The molecular weight excluding hydrogens is 382 g/mol. The highest BCUT2D eigenvalue weighted by Gasteiger charge is 2.28. The lowest BCUT2D eigenvalue weighted by Crippen LogP contribution is -2.38. The van der Waals surface area contributed by atoms with E-state index in [2.05, 4.69) is 10.3 Å². The minimum absolute atomic E-state index is 0.142. The number of benzene rings is 2. The second kappa shape index (κ2) is 8.98. The maximum Gasteiger partial charge on any atom is 0.309 e. The number of carbonyl (C=O) groups excluding carboxylic acids is 2. The molecule has 1 fully saturated rings. The van der Waals surface area contributed by atoms with E-state index in [-0.39, 0.29) is 30.4 Å². The molecule has 4 rings (SSSR count). The molecule has 2 aromatic carbocycles. The summed E-state index contributed by atoms with van der Waals surface area (Å²) in [6.45, 7) is 2.95. The van der Waals surface area contributed by atoms with Gasteiger partial charge in [0.1, 0.15) is 5.52 Å². The summed E-state index contributed by atoms with van der Waals surface area (Å²) in [5, 5.41) is 2.85. The lowest BCUT2D eigenvalue weighted by atomic mass is 9.97. The van der Waals surface area contributed by atoms with Gasteiger partial charge in [-0.05, 0) is 37.5 Å². The Labute approximate surface area is 175 Å². The van der Waals surface area contributed by atoms with Gasteiger partial charge in [0, 0.05) is 13.1 Å². The first-order chi connectivity index (χ1) is 14.6. The summed E-state index contributed by atoms with van der Waals surface area (Å²) in [5.74, 6) is -0.844. The van der Waals surface area contributed by atoms with Crippen molar-refractivity contribution in [1.82, 2.24) is 10.3 Å². The predicted octanol–water partition coefficient (Wildman–Crippen LogP) is 3.46. The number of rotatable bonds is 6. The Morgan fingerprint density at radius 1 is 1.13 bits per heavy atom.